The fourth-order valence-corrected chi connectivity index (χ4v) is 3.22. The lowest BCUT2D eigenvalue weighted by molar-refractivity contribution is -0.138. The molecule has 0 unspecified atom stereocenters. The van der Waals surface area contributed by atoms with Gasteiger partial charge in [0.05, 0.1) is 20.6 Å². The molecule has 1 atom stereocenters. The normalized spacial score (nSPS) is 11.5. The molecule has 3 aromatic carbocycles. The van der Waals surface area contributed by atoms with Crippen LogP contribution in [0.2, 0.25) is 0 Å². The van der Waals surface area contributed by atoms with Crippen molar-refractivity contribution in [2.45, 2.75) is 18.9 Å². The Hall–Kier alpha value is -4.89. The molecule has 0 bridgehead atoms. The number of allylic oxidation sites excluding steroid dienone is 2. The molecule has 39 heavy (non-hydrogen) atoms. The summed E-state index contributed by atoms with van der Waals surface area (Å²) in [5.74, 6) is -1.04. The standard InChI is InChI=1S/C21H20O6.C9H11NO2/c1-26-20-11-14(5-9-18(20)24)3-7-16(22)13-17(23)8-4-15-6-10-19(25)21(12-15)27-2;10-8(9(11)12)6-7-4-2-1-3-5-7/h3-12,24-25H,13H2,1-2H3;1-5,8H,6,10H2,(H,11,12)/t;8-/m.0/s1. The van der Waals surface area contributed by atoms with Crippen LogP contribution in [0.15, 0.2) is 78.9 Å². The lowest BCUT2D eigenvalue weighted by Gasteiger charge is -2.04. The number of hydrogen-bond donors (Lipinski definition) is 4. The molecule has 0 heterocycles. The maximum absolute atomic E-state index is 11.9. The second-order valence-electron chi connectivity index (χ2n) is 8.27. The number of nitrogens with two attached hydrogens (primary N) is 1. The zero-order chi connectivity index (χ0) is 28.8. The Morgan fingerprint density at radius 1 is 0.795 bits per heavy atom. The minimum Gasteiger partial charge on any atom is -0.504 e. The number of aromatic hydroxyl groups is 2. The molecule has 0 aromatic heterocycles. The van der Waals surface area contributed by atoms with Gasteiger partial charge < -0.3 is 30.5 Å². The van der Waals surface area contributed by atoms with Gasteiger partial charge in [0.1, 0.15) is 6.04 Å². The third-order valence-electron chi connectivity index (χ3n) is 5.30. The Labute approximate surface area is 226 Å². The van der Waals surface area contributed by atoms with Crippen molar-refractivity contribution in [3.8, 4) is 23.0 Å². The molecule has 3 rings (SSSR count). The first kappa shape index (κ1) is 30.3. The number of methoxy groups -OCH3 is 2. The number of hydrogen-bond acceptors (Lipinski definition) is 8. The van der Waals surface area contributed by atoms with Crippen LogP contribution >= 0.6 is 0 Å². The van der Waals surface area contributed by atoms with Gasteiger partial charge in [-0.2, -0.15) is 0 Å². The minimum atomic E-state index is -0.959. The van der Waals surface area contributed by atoms with Crippen molar-refractivity contribution in [1.29, 1.82) is 0 Å². The van der Waals surface area contributed by atoms with Crippen molar-refractivity contribution >= 4 is 29.7 Å². The second kappa shape index (κ2) is 15.4. The first-order valence-corrected chi connectivity index (χ1v) is 11.8. The Bertz CT molecular complexity index is 1260. The Morgan fingerprint density at radius 3 is 1.67 bits per heavy atom. The maximum Gasteiger partial charge on any atom is 0.320 e. The van der Waals surface area contributed by atoms with E-state index in [4.69, 9.17) is 20.3 Å². The number of phenolic OH excluding ortho intramolecular Hbond substituents is 2. The van der Waals surface area contributed by atoms with Crippen LogP contribution < -0.4 is 15.2 Å². The van der Waals surface area contributed by atoms with E-state index in [1.807, 2.05) is 30.3 Å². The van der Waals surface area contributed by atoms with Gasteiger partial charge in [-0.3, -0.25) is 14.4 Å². The number of ketones is 2. The van der Waals surface area contributed by atoms with Gasteiger partial charge >= 0.3 is 5.97 Å². The average Bonchev–Trinajstić information content (AvgIpc) is 2.93. The van der Waals surface area contributed by atoms with Crippen molar-refractivity contribution in [3.05, 3.63) is 95.6 Å². The van der Waals surface area contributed by atoms with Crippen molar-refractivity contribution in [3.63, 3.8) is 0 Å². The van der Waals surface area contributed by atoms with Gasteiger partial charge in [0.2, 0.25) is 0 Å². The topological polar surface area (TPSA) is 156 Å². The SMILES string of the molecule is COc1cc(C=CC(=O)CC(=O)C=Cc2ccc(O)c(OC)c2)ccc1O.N[C@@H](Cc1ccccc1)C(=O)O. The molecule has 0 aliphatic heterocycles. The van der Waals surface area contributed by atoms with Gasteiger partial charge in [-0.05, 0) is 59.5 Å². The second-order valence-corrected chi connectivity index (χ2v) is 8.27. The Morgan fingerprint density at radius 2 is 1.26 bits per heavy atom. The van der Waals surface area contributed by atoms with Crippen LogP contribution in [0.5, 0.6) is 23.0 Å². The molecule has 0 radical (unpaired) electrons. The van der Waals surface area contributed by atoms with E-state index in [0.29, 0.717) is 29.0 Å². The monoisotopic (exact) mass is 533 g/mol. The van der Waals surface area contributed by atoms with Crippen LogP contribution in [0.4, 0.5) is 0 Å². The lowest BCUT2D eigenvalue weighted by atomic mass is 10.1. The van der Waals surface area contributed by atoms with E-state index in [9.17, 15) is 24.6 Å². The molecule has 0 fully saturated rings. The van der Waals surface area contributed by atoms with Gasteiger partial charge in [0.15, 0.2) is 34.6 Å². The van der Waals surface area contributed by atoms with Gasteiger partial charge in [0, 0.05) is 0 Å². The van der Waals surface area contributed by atoms with Crippen LogP contribution in [-0.4, -0.2) is 53.1 Å². The van der Waals surface area contributed by atoms with E-state index >= 15 is 0 Å². The summed E-state index contributed by atoms with van der Waals surface area (Å²) in [4.78, 5) is 34.2. The van der Waals surface area contributed by atoms with E-state index in [-0.39, 0.29) is 29.5 Å². The highest BCUT2D eigenvalue weighted by Gasteiger charge is 2.11. The quantitative estimate of drug-likeness (QED) is 0.211. The molecule has 9 nitrogen and oxygen atoms in total. The molecule has 9 heteroatoms. The molecule has 204 valence electrons. The van der Waals surface area contributed by atoms with Crippen LogP contribution in [0, 0.1) is 0 Å². The highest BCUT2D eigenvalue weighted by atomic mass is 16.5. The van der Waals surface area contributed by atoms with Crippen molar-refractivity contribution in [2.75, 3.05) is 14.2 Å². The summed E-state index contributed by atoms with van der Waals surface area (Å²) in [5, 5.41) is 27.6. The summed E-state index contributed by atoms with van der Waals surface area (Å²) in [5.41, 5.74) is 7.63. The summed E-state index contributed by atoms with van der Waals surface area (Å²) in [6.45, 7) is 0. The van der Waals surface area contributed by atoms with E-state index in [1.54, 1.807) is 36.4 Å². The summed E-state index contributed by atoms with van der Waals surface area (Å²) in [7, 11) is 2.87. The largest absolute Gasteiger partial charge is 0.504 e. The minimum absolute atomic E-state index is 0.00662. The molecule has 0 saturated carbocycles. The third-order valence-corrected chi connectivity index (χ3v) is 5.30. The average molecular weight is 534 g/mol. The first-order chi connectivity index (χ1) is 18.6. The third kappa shape index (κ3) is 10.6. The number of phenols is 2. The van der Waals surface area contributed by atoms with Gasteiger partial charge in [-0.25, -0.2) is 0 Å². The number of carboxylic acid groups (broad SMARTS) is 1. The van der Waals surface area contributed by atoms with Crippen LogP contribution in [0.3, 0.4) is 0 Å². The predicted octanol–water partition coefficient (Wildman–Crippen LogP) is 4.01. The van der Waals surface area contributed by atoms with E-state index < -0.39 is 12.0 Å². The summed E-state index contributed by atoms with van der Waals surface area (Å²) < 4.78 is 10.00. The fraction of sp³-hybridized carbons (Fsp3) is 0.167. The number of rotatable bonds is 11. The zero-order valence-electron chi connectivity index (χ0n) is 21.6. The molecule has 0 spiro atoms. The van der Waals surface area contributed by atoms with Gasteiger partial charge in [0.25, 0.3) is 0 Å². The highest BCUT2D eigenvalue weighted by Crippen LogP contribution is 2.27. The number of benzene rings is 3. The number of carboxylic acids is 1. The van der Waals surface area contributed by atoms with E-state index in [1.165, 1.54) is 38.5 Å². The molecule has 0 aliphatic rings. The first-order valence-electron chi connectivity index (χ1n) is 11.8. The Kier molecular flexibility index (Phi) is 12.0. The van der Waals surface area contributed by atoms with E-state index in [0.717, 1.165) is 5.56 Å². The molecule has 0 aliphatic carbocycles. The molecular formula is C30H31NO8. The summed E-state index contributed by atoms with van der Waals surface area (Å²) in [6, 6.07) is 17.9. The van der Waals surface area contributed by atoms with Crippen molar-refractivity contribution < 1.29 is 39.2 Å². The number of carbonyl (C=O) groups excluding carboxylic acids is 2. The molecule has 5 N–H and O–H groups in total. The fourth-order valence-electron chi connectivity index (χ4n) is 3.22. The number of carbonyl (C=O) groups is 3. The van der Waals surface area contributed by atoms with Crippen molar-refractivity contribution in [2.24, 2.45) is 5.73 Å². The van der Waals surface area contributed by atoms with Crippen LogP contribution in [-0.2, 0) is 20.8 Å². The van der Waals surface area contributed by atoms with Crippen molar-refractivity contribution in [1.82, 2.24) is 0 Å². The van der Waals surface area contributed by atoms with Gasteiger partial charge in [-0.15, -0.1) is 0 Å². The lowest BCUT2D eigenvalue weighted by Crippen LogP contribution is -2.32. The number of ether oxygens (including phenoxy) is 2. The van der Waals surface area contributed by atoms with Gasteiger partial charge in [-0.1, -0.05) is 54.6 Å². The molecule has 0 amide bonds. The summed E-state index contributed by atoms with van der Waals surface area (Å²) >= 11 is 0. The zero-order valence-corrected chi connectivity index (χ0v) is 21.6. The smallest absolute Gasteiger partial charge is 0.320 e. The molecular weight excluding hydrogens is 502 g/mol. The summed E-state index contributed by atoms with van der Waals surface area (Å²) in [6.07, 6.45) is 5.83. The molecule has 3 aromatic rings. The van der Waals surface area contributed by atoms with Crippen LogP contribution in [0.25, 0.3) is 12.2 Å². The Balaban J connectivity index is 0.000000370. The molecule has 0 saturated heterocycles. The van der Waals surface area contributed by atoms with E-state index in [2.05, 4.69) is 0 Å². The maximum atomic E-state index is 11.9. The van der Waals surface area contributed by atoms with Crippen LogP contribution in [0.1, 0.15) is 23.1 Å². The number of aliphatic carboxylic acids is 1. The predicted molar refractivity (Wildman–Crippen MR) is 148 cm³/mol. The highest BCUT2D eigenvalue weighted by molar-refractivity contribution is 6.10.